The topological polar surface area (TPSA) is 88.1 Å². The number of sulfone groups is 1. The molecule has 1 N–H and O–H groups in total. The van der Waals surface area contributed by atoms with Crippen LogP contribution in [0, 0.1) is 5.92 Å². The van der Waals surface area contributed by atoms with Crippen molar-refractivity contribution in [1.82, 2.24) is 10.2 Å². The molecule has 0 saturated carbocycles. The first-order valence-corrected chi connectivity index (χ1v) is 11.6. The van der Waals surface area contributed by atoms with Crippen LogP contribution in [0.3, 0.4) is 0 Å². The van der Waals surface area contributed by atoms with Gasteiger partial charge in [-0.05, 0) is 31.7 Å². The first kappa shape index (κ1) is 22.2. The number of rotatable bonds is 8. The van der Waals surface area contributed by atoms with Crippen LogP contribution in [0.15, 0.2) is 35.3 Å². The van der Waals surface area contributed by atoms with Gasteiger partial charge < -0.3 is 15.0 Å². The minimum Gasteiger partial charge on any atom is -0.466 e. The zero-order valence-electron chi connectivity index (χ0n) is 16.8. The Morgan fingerprint density at radius 3 is 2.75 bits per heavy atom. The van der Waals surface area contributed by atoms with E-state index in [1.807, 2.05) is 42.2 Å². The van der Waals surface area contributed by atoms with Crippen LogP contribution in [0.1, 0.15) is 31.7 Å². The Labute approximate surface area is 168 Å². The molecule has 28 heavy (non-hydrogen) atoms. The van der Waals surface area contributed by atoms with Crippen LogP contribution in [-0.2, 0) is 25.1 Å². The van der Waals surface area contributed by atoms with E-state index in [0.29, 0.717) is 32.1 Å². The molecule has 1 unspecified atom stereocenters. The van der Waals surface area contributed by atoms with Gasteiger partial charge in [-0.3, -0.25) is 9.79 Å². The third-order valence-corrected chi connectivity index (χ3v) is 6.38. The van der Waals surface area contributed by atoms with Gasteiger partial charge in [0.05, 0.1) is 24.0 Å². The van der Waals surface area contributed by atoms with Crippen molar-refractivity contribution >= 4 is 21.8 Å². The lowest BCUT2D eigenvalue weighted by atomic mass is 9.98. The summed E-state index contributed by atoms with van der Waals surface area (Å²) < 4.78 is 29.7. The second kappa shape index (κ2) is 11.0. The van der Waals surface area contributed by atoms with Crippen molar-refractivity contribution in [2.24, 2.45) is 10.9 Å². The Morgan fingerprint density at radius 1 is 1.32 bits per heavy atom. The molecule has 1 aromatic carbocycles. The summed E-state index contributed by atoms with van der Waals surface area (Å²) in [6.07, 6.45) is 2.23. The average molecular weight is 410 g/mol. The first-order chi connectivity index (χ1) is 13.4. The molecule has 8 heteroatoms. The van der Waals surface area contributed by atoms with E-state index < -0.39 is 9.84 Å². The highest BCUT2D eigenvalue weighted by atomic mass is 32.2. The Hall–Kier alpha value is -2.09. The van der Waals surface area contributed by atoms with Crippen molar-refractivity contribution in [3.8, 4) is 0 Å². The largest absolute Gasteiger partial charge is 0.466 e. The fraction of sp³-hybridized carbons (Fsp3) is 0.600. The molecule has 7 nitrogen and oxygen atoms in total. The van der Waals surface area contributed by atoms with Crippen molar-refractivity contribution in [1.29, 1.82) is 0 Å². The number of aliphatic imine (C=N–C) groups is 1. The lowest BCUT2D eigenvalue weighted by molar-refractivity contribution is -0.149. The Kier molecular flexibility index (Phi) is 8.76. The van der Waals surface area contributed by atoms with Gasteiger partial charge >= 0.3 is 5.97 Å². The number of carbonyl (C=O) groups excluding carboxylic acids is 1. The maximum Gasteiger partial charge on any atom is 0.310 e. The number of hydrogen-bond donors (Lipinski definition) is 1. The number of piperidine rings is 1. The summed E-state index contributed by atoms with van der Waals surface area (Å²) in [6, 6.07) is 9.22. The van der Waals surface area contributed by atoms with Gasteiger partial charge in [-0.15, -0.1) is 0 Å². The number of guanidine groups is 1. The zero-order chi connectivity index (χ0) is 20.4. The van der Waals surface area contributed by atoms with E-state index in [4.69, 9.17) is 4.74 Å². The molecule has 1 saturated heterocycles. The second-order valence-corrected chi connectivity index (χ2v) is 9.13. The third-order valence-electron chi connectivity index (χ3n) is 4.70. The van der Waals surface area contributed by atoms with Gasteiger partial charge in [-0.25, -0.2) is 8.42 Å². The molecular formula is C20H31N3O4S. The van der Waals surface area contributed by atoms with Crippen molar-refractivity contribution in [3.05, 3.63) is 35.9 Å². The van der Waals surface area contributed by atoms with E-state index in [9.17, 15) is 13.2 Å². The summed E-state index contributed by atoms with van der Waals surface area (Å²) in [5.41, 5.74) is 0.810. The second-order valence-electron chi connectivity index (χ2n) is 6.94. The van der Waals surface area contributed by atoms with Gasteiger partial charge in [0.2, 0.25) is 0 Å². The lowest BCUT2D eigenvalue weighted by Crippen LogP contribution is -2.48. The van der Waals surface area contributed by atoms with E-state index in [-0.39, 0.29) is 23.4 Å². The molecule has 0 aromatic heterocycles. The molecule has 156 valence electrons. The number of nitrogens with zero attached hydrogens (tertiary/aromatic N) is 2. The molecule has 1 aliphatic rings. The number of benzene rings is 1. The molecule has 1 aliphatic heterocycles. The zero-order valence-corrected chi connectivity index (χ0v) is 17.6. The summed E-state index contributed by atoms with van der Waals surface area (Å²) in [6.45, 7) is 4.11. The molecular weight excluding hydrogens is 378 g/mol. The Morgan fingerprint density at radius 2 is 2.07 bits per heavy atom. The highest BCUT2D eigenvalue weighted by Crippen LogP contribution is 2.18. The molecule has 1 fully saturated rings. The predicted molar refractivity (Wildman–Crippen MR) is 111 cm³/mol. The van der Waals surface area contributed by atoms with E-state index in [2.05, 4.69) is 10.3 Å². The Bertz CT molecular complexity index is 750. The van der Waals surface area contributed by atoms with E-state index in [1.54, 1.807) is 7.05 Å². The van der Waals surface area contributed by atoms with Crippen LogP contribution in [0.25, 0.3) is 0 Å². The molecule has 0 bridgehead atoms. The SMILES string of the molecule is CCOC(=O)C1CCCN(C(=NC)NCCCS(=O)(=O)Cc2ccccc2)C1. The van der Waals surface area contributed by atoms with Crippen LogP contribution >= 0.6 is 0 Å². The van der Waals surface area contributed by atoms with E-state index in [1.165, 1.54) is 0 Å². The smallest absolute Gasteiger partial charge is 0.310 e. The number of esters is 1. The highest BCUT2D eigenvalue weighted by Gasteiger charge is 2.28. The van der Waals surface area contributed by atoms with Gasteiger partial charge in [0, 0.05) is 26.7 Å². The van der Waals surface area contributed by atoms with Gasteiger partial charge in [0.25, 0.3) is 0 Å². The molecule has 0 spiro atoms. The summed E-state index contributed by atoms with van der Waals surface area (Å²) in [7, 11) is -1.45. The third kappa shape index (κ3) is 7.14. The number of nitrogens with one attached hydrogen (secondary N) is 1. The molecule has 1 aromatic rings. The predicted octanol–water partition coefficient (Wildman–Crippen LogP) is 1.84. The first-order valence-electron chi connectivity index (χ1n) is 9.81. The van der Waals surface area contributed by atoms with Crippen molar-refractivity contribution in [2.75, 3.05) is 39.0 Å². The quantitative estimate of drug-likeness (QED) is 0.305. The van der Waals surface area contributed by atoms with Crippen LogP contribution in [0.4, 0.5) is 0 Å². The van der Waals surface area contributed by atoms with Crippen LogP contribution < -0.4 is 5.32 Å². The summed E-state index contributed by atoms with van der Waals surface area (Å²) in [5.74, 6) is 0.593. The maximum absolute atomic E-state index is 12.3. The number of hydrogen-bond acceptors (Lipinski definition) is 5. The van der Waals surface area contributed by atoms with Gasteiger partial charge in [-0.2, -0.15) is 0 Å². The Balaban J connectivity index is 1.78. The summed E-state index contributed by atoms with van der Waals surface area (Å²) in [5, 5.41) is 3.23. The molecule has 1 heterocycles. The van der Waals surface area contributed by atoms with Crippen molar-refractivity contribution in [3.63, 3.8) is 0 Å². The number of likely N-dealkylation sites (tertiary alicyclic amines) is 1. The van der Waals surface area contributed by atoms with E-state index in [0.717, 1.165) is 24.9 Å². The molecule has 0 radical (unpaired) electrons. The van der Waals surface area contributed by atoms with Crippen molar-refractivity contribution < 1.29 is 17.9 Å². The number of ether oxygens (including phenoxy) is 1. The van der Waals surface area contributed by atoms with Crippen LogP contribution in [0.2, 0.25) is 0 Å². The maximum atomic E-state index is 12.3. The van der Waals surface area contributed by atoms with Gasteiger partial charge in [-0.1, -0.05) is 30.3 Å². The van der Waals surface area contributed by atoms with Gasteiger partial charge in [0.1, 0.15) is 0 Å². The normalized spacial score (nSPS) is 18.0. The summed E-state index contributed by atoms with van der Waals surface area (Å²) in [4.78, 5) is 18.3. The van der Waals surface area contributed by atoms with E-state index >= 15 is 0 Å². The average Bonchev–Trinajstić information content (AvgIpc) is 2.69. The minimum atomic E-state index is -3.15. The lowest BCUT2D eigenvalue weighted by Gasteiger charge is -2.33. The fourth-order valence-corrected chi connectivity index (χ4v) is 4.78. The molecule has 0 aliphatic carbocycles. The van der Waals surface area contributed by atoms with Crippen LogP contribution in [-0.4, -0.2) is 64.3 Å². The fourth-order valence-electron chi connectivity index (χ4n) is 3.35. The summed E-state index contributed by atoms with van der Waals surface area (Å²) >= 11 is 0. The minimum absolute atomic E-state index is 0.0654. The highest BCUT2D eigenvalue weighted by molar-refractivity contribution is 7.90. The molecule has 0 amide bonds. The monoisotopic (exact) mass is 409 g/mol. The van der Waals surface area contributed by atoms with Gasteiger partial charge in [0.15, 0.2) is 15.8 Å². The van der Waals surface area contributed by atoms with Crippen LogP contribution in [0.5, 0.6) is 0 Å². The standard InChI is InChI=1S/C20H31N3O4S/c1-3-27-19(24)18-11-7-13-23(15-18)20(21-2)22-12-8-14-28(25,26)16-17-9-5-4-6-10-17/h4-6,9-10,18H,3,7-8,11-16H2,1-2H3,(H,21,22). The molecule has 1 atom stereocenters. The van der Waals surface area contributed by atoms with Crippen molar-refractivity contribution in [2.45, 2.75) is 31.9 Å². The number of carbonyl (C=O) groups is 1. The molecule has 2 rings (SSSR count).